The number of anilines is 3. The average Bonchev–Trinajstić information content (AvgIpc) is 3.35. The van der Waals surface area contributed by atoms with Gasteiger partial charge in [-0.15, -0.1) is 11.3 Å². The Labute approximate surface area is 165 Å². The molecule has 28 heavy (non-hydrogen) atoms. The summed E-state index contributed by atoms with van der Waals surface area (Å²) in [5.74, 6) is 2.11. The number of amides is 1. The molecule has 1 unspecified atom stereocenters. The van der Waals surface area contributed by atoms with Crippen molar-refractivity contribution in [1.29, 1.82) is 0 Å². The van der Waals surface area contributed by atoms with Crippen molar-refractivity contribution >= 4 is 33.8 Å². The molecule has 0 aliphatic carbocycles. The lowest BCUT2D eigenvalue weighted by atomic mass is 10.1. The third-order valence-electron chi connectivity index (χ3n) is 4.73. The summed E-state index contributed by atoms with van der Waals surface area (Å²) in [6.07, 6.45) is -0.472. The summed E-state index contributed by atoms with van der Waals surface area (Å²) in [7, 11) is 1.76. The summed E-state index contributed by atoms with van der Waals surface area (Å²) < 4.78 is 16.4. The Hall–Kier alpha value is -3.26. The average molecular weight is 395 g/mol. The topological polar surface area (TPSA) is 72.9 Å². The second-order valence-corrected chi connectivity index (χ2v) is 7.43. The molecule has 1 N–H and O–H groups in total. The van der Waals surface area contributed by atoms with E-state index in [1.165, 1.54) is 11.3 Å². The van der Waals surface area contributed by atoms with Gasteiger partial charge in [-0.25, -0.2) is 4.98 Å². The lowest BCUT2D eigenvalue weighted by Gasteiger charge is -2.30. The lowest BCUT2D eigenvalue weighted by Crippen LogP contribution is -2.41. The molecular weight excluding hydrogens is 378 g/mol. The van der Waals surface area contributed by atoms with Crippen molar-refractivity contribution in [2.75, 3.05) is 24.1 Å². The summed E-state index contributed by atoms with van der Waals surface area (Å²) in [4.78, 5) is 18.5. The molecule has 7 nitrogen and oxygen atoms in total. The molecule has 1 amide bonds. The van der Waals surface area contributed by atoms with Crippen molar-refractivity contribution in [1.82, 2.24) is 4.98 Å². The van der Waals surface area contributed by atoms with Gasteiger partial charge in [0.2, 0.25) is 6.79 Å². The number of thiazole rings is 1. The van der Waals surface area contributed by atoms with Crippen LogP contribution in [0.4, 0.5) is 16.5 Å². The molecule has 2 aliphatic rings. The molecule has 0 spiro atoms. The molecule has 2 aliphatic heterocycles. The first-order chi connectivity index (χ1) is 13.6. The first-order valence-corrected chi connectivity index (χ1v) is 9.67. The molecule has 0 radical (unpaired) electrons. The van der Waals surface area contributed by atoms with Crippen LogP contribution in [0.1, 0.15) is 6.92 Å². The third-order valence-corrected chi connectivity index (χ3v) is 5.48. The first-order valence-electron chi connectivity index (χ1n) is 8.79. The summed E-state index contributed by atoms with van der Waals surface area (Å²) in [5, 5.41) is 6.03. The predicted octanol–water partition coefficient (Wildman–Crippen LogP) is 4.03. The van der Waals surface area contributed by atoms with Crippen LogP contribution in [-0.4, -0.2) is 30.8 Å². The fraction of sp³-hybridized carbons (Fsp3) is 0.200. The van der Waals surface area contributed by atoms with Gasteiger partial charge in [0.15, 0.2) is 22.7 Å². The number of hydrogen-bond acceptors (Lipinski definition) is 7. The molecule has 0 saturated carbocycles. The van der Waals surface area contributed by atoms with Gasteiger partial charge in [0.1, 0.15) is 5.75 Å². The third kappa shape index (κ3) is 2.82. The highest BCUT2D eigenvalue weighted by Crippen LogP contribution is 2.38. The SMILES string of the molecule is CC1Oc2ccc(-c3csc(Nc4ccc5c(c4)OCO5)n3)cc2N(C)C1=O. The molecule has 1 aromatic heterocycles. The molecule has 8 heteroatoms. The predicted molar refractivity (Wildman–Crippen MR) is 107 cm³/mol. The highest BCUT2D eigenvalue weighted by molar-refractivity contribution is 7.14. The van der Waals surface area contributed by atoms with Crippen LogP contribution in [0, 0.1) is 0 Å². The van der Waals surface area contributed by atoms with Gasteiger partial charge >= 0.3 is 0 Å². The van der Waals surface area contributed by atoms with Crippen molar-refractivity contribution in [3.8, 4) is 28.5 Å². The van der Waals surface area contributed by atoms with Gasteiger partial charge in [-0.3, -0.25) is 4.79 Å². The minimum Gasteiger partial charge on any atom is -0.479 e. The number of carbonyl (C=O) groups is 1. The van der Waals surface area contributed by atoms with Crippen LogP contribution >= 0.6 is 11.3 Å². The number of rotatable bonds is 3. The van der Waals surface area contributed by atoms with Gasteiger partial charge in [-0.1, -0.05) is 0 Å². The molecule has 1 atom stereocenters. The summed E-state index contributed by atoms with van der Waals surface area (Å²) >= 11 is 1.51. The van der Waals surface area contributed by atoms with E-state index in [-0.39, 0.29) is 12.7 Å². The van der Waals surface area contributed by atoms with Gasteiger partial charge in [0.25, 0.3) is 5.91 Å². The Kier molecular flexibility index (Phi) is 3.87. The Morgan fingerprint density at radius 2 is 1.96 bits per heavy atom. The van der Waals surface area contributed by atoms with E-state index in [1.807, 2.05) is 41.8 Å². The zero-order valence-corrected chi connectivity index (χ0v) is 16.1. The fourth-order valence-electron chi connectivity index (χ4n) is 3.23. The summed E-state index contributed by atoms with van der Waals surface area (Å²) in [5.41, 5.74) is 3.38. The minimum atomic E-state index is -0.472. The second kappa shape index (κ2) is 6.42. The van der Waals surface area contributed by atoms with E-state index in [2.05, 4.69) is 10.3 Å². The fourth-order valence-corrected chi connectivity index (χ4v) is 3.97. The maximum Gasteiger partial charge on any atom is 0.267 e. The zero-order chi connectivity index (χ0) is 19.3. The smallest absolute Gasteiger partial charge is 0.267 e. The van der Waals surface area contributed by atoms with Gasteiger partial charge in [0, 0.05) is 29.7 Å². The quantitative estimate of drug-likeness (QED) is 0.722. The minimum absolute atomic E-state index is 0.0620. The molecule has 2 aromatic carbocycles. The van der Waals surface area contributed by atoms with E-state index < -0.39 is 6.10 Å². The largest absolute Gasteiger partial charge is 0.479 e. The van der Waals surface area contributed by atoms with E-state index >= 15 is 0 Å². The van der Waals surface area contributed by atoms with Crippen molar-refractivity contribution < 1.29 is 19.0 Å². The van der Waals surface area contributed by atoms with Crippen LogP contribution in [0.2, 0.25) is 0 Å². The highest BCUT2D eigenvalue weighted by atomic mass is 32.1. The molecule has 3 heterocycles. The van der Waals surface area contributed by atoms with E-state index in [0.29, 0.717) is 5.75 Å². The number of nitrogens with one attached hydrogen (secondary N) is 1. The van der Waals surface area contributed by atoms with Crippen LogP contribution in [0.15, 0.2) is 41.8 Å². The highest BCUT2D eigenvalue weighted by Gasteiger charge is 2.29. The van der Waals surface area contributed by atoms with Crippen LogP contribution in [0.25, 0.3) is 11.3 Å². The zero-order valence-electron chi connectivity index (χ0n) is 15.3. The van der Waals surface area contributed by atoms with Crippen LogP contribution in [0.3, 0.4) is 0 Å². The number of ether oxygens (including phenoxy) is 3. The maximum absolute atomic E-state index is 12.2. The summed E-state index contributed by atoms with van der Waals surface area (Å²) in [6.45, 7) is 2.00. The van der Waals surface area contributed by atoms with Crippen LogP contribution in [0.5, 0.6) is 17.2 Å². The number of benzene rings is 2. The molecule has 142 valence electrons. The van der Waals surface area contributed by atoms with Crippen LogP contribution < -0.4 is 24.4 Å². The van der Waals surface area contributed by atoms with Gasteiger partial charge in [-0.05, 0) is 37.3 Å². The maximum atomic E-state index is 12.2. The van der Waals surface area contributed by atoms with E-state index in [9.17, 15) is 4.79 Å². The normalized spacial score (nSPS) is 17.3. The molecular formula is C20H17N3O4S. The first kappa shape index (κ1) is 16.9. The number of aromatic nitrogens is 1. The number of nitrogens with zero attached hydrogens (tertiary/aromatic N) is 2. The van der Waals surface area contributed by atoms with Crippen LogP contribution in [-0.2, 0) is 4.79 Å². The van der Waals surface area contributed by atoms with Gasteiger partial charge < -0.3 is 24.4 Å². The second-order valence-electron chi connectivity index (χ2n) is 6.57. The van der Waals surface area contributed by atoms with Crippen molar-refractivity contribution in [3.63, 3.8) is 0 Å². The Balaban J connectivity index is 1.40. The van der Waals surface area contributed by atoms with E-state index in [0.717, 1.165) is 39.3 Å². The molecule has 0 saturated heterocycles. The Bertz CT molecular complexity index is 1080. The van der Waals surface area contributed by atoms with Crippen molar-refractivity contribution in [3.05, 3.63) is 41.8 Å². The molecule has 5 rings (SSSR count). The molecule has 3 aromatic rings. The Morgan fingerprint density at radius 3 is 2.86 bits per heavy atom. The van der Waals surface area contributed by atoms with Crippen molar-refractivity contribution in [2.24, 2.45) is 0 Å². The van der Waals surface area contributed by atoms with E-state index in [1.54, 1.807) is 18.9 Å². The standard InChI is InChI=1S/C20H17N3O4S/c1-11-19(24)23(2)15-7-12(3-5-16(15)27-11)14-9-28-20(22-14)21-13-4-6-17-18(8-13)26-10-25-17/h3-9,11H,10H2,1-2H3,(H,21,22). The number of hydrogen-bond donors (Lipinski definition) is 1. The lowest BCUT2D eigenvalue weighted by molar-refractivity contribution is -0.125. The molecule has 0 fully saturated rings. The number of fused-ring (bicyclic) bond motifs is 2. The number of likely N-dealkylation sites (N-methyl/N-ethyl adjacent to an activating group) is 1. The monoisotopic (exact) mass is 395 g/mol. The van der Waals surface area contributed by atoms with E-state index in [4.69, 9.17) is 14.2 Å². The van der Waals surface area contributed by atoms with Crippen molar-refractivity contribution in [2.45, 2.75) is 13.0 Å². The Morgan fingerprint density at radius 1 is 1.14 bits per heavy atom. The molecule has 0 bridgehead atoms. The summed E-state index contributed by atoms with van der Waals surface area (Å²) in [6, 6.07) is 11.5. The van der Waals surface area contributed by atoms with Gasteiger partial charge in [0.05, 0.1) is 11.4 Å². The number of carbonyl (C=O) groups excluding carboxylic acids is 1. The van der Waals surface area contributed by atoms with Gasteiger partial charge in [-0.2, -0.15) is 0 Å².